The van der Waals surface area contributed by atoms with Gasteiger partial charge in [0.1, 0.15) is 24.5 Å². The number of aliphatic hydroxyl groups excluding tert-OH is 1. The Morgan fingerprint density at radius 3 is 2.57 bits per heavy atom. The molecular weight excluding hydrogens is 684 g/mol. The number of carbonyl (C=O) groups excluding carboxylic acids is 4. The first-order valence-corrected chi connectivity index (χ1v) is 17.5. The van der Waals surface area contributed by atoms with Crippen LogP contribution in [0.5, 0.6) is 11.5 Å². The molecule has 0 aliphatic carbocycles. The summed E-state index contributed by atoms with van der Waals surface area (Å²) in [6.45, 7) is 6.10. The molecule has 53 heavy (non-hydrogen) atoms. The summed E-state index contributed by atoms with van der Waals surface area (Å²) in [5.74, 6) is -0.660. The third-order valence-corrected chi connectivity index (χ3v) is 9.00. The van der Waals surface area contributed by atoms with Crippen molar-refractivity contribution < 1.29 is 38.3 Å². The van der Waals surface area contributed by atoms with Crippen LogP contribution in [0.2, 0.25) is 0 Å². The van der Waals surface area contributed by atoms with Crippen molar-refractivity contribution in [1.82, 2.24) is 41.0 Å². The molecule has 0 unspecified atom stereocenters. The highest BCUT2D eigenvalue weighted by Crippen LogP contribution is 2.28. The van der Waals surface area contributed by atoms with E-state index in [4.69, 9.17) is 14.0 Å². The second kappa shape index (κ2) is 18.1. The maximum atomic E-state index is 13.8. The number of ether oxygens (including phenoxy) is 2. The Kier molecular flexibility index (Phi) is 13.2. The Balaban J connectivity index is 1.39. The Morgan fingerprint density at radius 2 is 1.85 bits per heavy atom. The Bertz CT molecular complexity index is 1860. The Morgan fingerprint density at radius 1 is 1.06 bits per heavy atom. The third kappa shape index (κ3) is 10.4. The molecule has 2 aliphatic rings. The van der Waals surface area contributed by atoms with Gasteiger partial charge in [0.25, 0.3) is 5.91 Å². The molecule has 2 aromatic carbocycles. The van der Waals surface area contributed by atoms with E-state index in [2.05, 4.69) is 31.4 Å². The zero-order chi connectivity index (χ0) is 37.9. The largest absolute Gasteiger partial charge is 0.493 e. The molecule has 3 atom stereocenters. The predicted octanol–water partition coefficient (Wildman–Crippen LogP) is 1.31. The molecule has 2 aliphatic heterocycles. The summed E-state index contributed by atoms with van der Waals surface area (Å²) in [7, 11) is 1.46. The molecule has 2 aromatic heterocycles. The van der Waals surface area contributed by atoms with Crippen molar-refractivity contribution in [3.05, 3.63) is 88.6 Å². The van der Waals surface area contributed by atoms with Crippen LogP contribution in [-0.2, 0) is 40.2 Å². The van der Waals surface area contributed by atoms with E-state index in [0.29, 0.717) is 48.9 Å². The predicted molar refractivity (Wildman–Crippen MR) is 191 cm³/mol. The lowest BCUT2D eigenvalue weighted by Gasteiger charge is -2.26. The van der Waals surface area contributed by atoms with Crippen molar-refractivity contribution in [1.29, 1.82) is 0 Å². The van der Waals surface area contributed by atoms with Gasteiger partial charge in [0, 0.05) is 56.2 Å². The maximum Gasteiger partial charge on any atom is 0.252 e. The molecule has 4 bridgehead atoms. The van der Waals surface area contributed by atoms with E-state index < -0.39 is 35.9 Å². The quantitative estimate of drug-likeness (QED) is 0.200. The first-order chi connectivity index (χ1) is 25.5. The monoisotopic (exact) mass is 730 g/mol. The highest BCUT2D eigenvalue weighted by Gasteiger charge is 2.30. The van der Waals surface area contributed by atoms with Gasteiger partial charge in [-0.1, -0.05) is 40.7 Å². The Hall–Kier alpha value is -5.77. The molecule has 0 radical (unpaired) electrons. The fraction of sp³-hybridized carbons (Fsp3) is 0.432. The number of rotatable bonds is 7. The normalized spacial score (nSPS) is 18.4. The van der Waals surface area contributed by atoms with E-state index in [1.54, 1.807) is 34.8 Å². The van der Waals surface area contributed by atoms with Crippen LogP contribution in [0.25, 0.3) is 0 Å². The third-order valence-electron chi connectivity index (χ3n) is 9.00. The molecule has 0 saturated carbocycles. The minimum Gasteiger partial charge on any atom is -0.493 e. The number of benzene rings is 2. The minimum absolute atomic E-state index is 0.0425. The number of hydrogen-bond acceptors (Lipinski definition) is 11. The van der Waals surface area contributed by atoms with Gasteiger partial charge in [0.05, 0.1) is 31.1 Å². The Labute approximate surface area is 307 Å². The molecule has 0 saturated heterocycles. The van der Waals surface area contributed by atoms with Crippen molar-refractivity contribution in [2.75, 3.05) is 33.4 Å². The number of amides is 4. The van der Waals surface area contributed by atoms with Crippen LogP contribution in [0.1, 0.15) is 52.0 Å². The fourth-order valence-corrected chi connectivity index (χ4v) is 5.98. The number of aliphatic hydroxyl groups is 1. The summed E-state index contributed by atoms with van der Waals surface area (Å²) in [5.41, 5.74) is 3.24. The van der Waals surface area contributed by atoms with E-state index >= 15 is 0 Å². The van der Waals surface area contributed by atoms with Crippen LogP contribution in [-0.4, -0.2) is 105 Å². The molecule has 6 rings (SSSR count). The number of aromatic nitrogens is 4. The van der Waals surface area contributed by atoms with Crippen LogP contribution in [0.15, 0.2) is 59.3 Å². The van der Waals surface area contributed by atoms with Crippen LogP contribution in [0.4, 0.5) is 0 Å². The van der Waals surface area contributed by atoms with Gasteiger partial charge in [-0.25, -0.2) is 4.68 Å². The van der Waals surface area contributed by atoms with Crippen LogP contribution in [0.3, 0.4) is 0 Å². The van der Waals surface area contributed by atoms with Crippen molar-refractivity contribution in [3.63, 3.8) is 0 Å². The standard InChI is InChI=1S/C37H46N8O8/c1-23-29(25(3)53-42-23)11-13-33(47)44-16-14-28-22-45(43-41-28)18-19-52-31-12-10-27(21-32(31)51-4)35(48)39-30(20-26-8-6-5-7-9-26)36(49)40-34(24(2)46)37(50)38-15-17-44/h5-10,12,21-22,24,30,34,46H,11,13-20H2,1-4H3,(H,38,50)(H,39,48)(H,40,49)/t24-,30-,34+/m1/s1. The van der Waals surface area contributed by atoms with E-state index in [0.717, 1.165) is 16.8 Å². The summed E-state index contributed by atoms with van der Waals surface area (Å²) < 4.78 is 18.4. The summed E-state index contributed by atoms with van der Waals surface area (Å²) >= 11 is 0. The molecular formula is C37H46N8O8. The van der Waals surface area contributed by atoms with Crippen molar-refractivity contribution in [3.8, 4) is 11.5 Å². The van der Waals surface area contributed by atoms with Gasteiger partial charge in [-0.15, -0.1) is 5.10 Å². The molecule has 16 heteroatoms. The number of nitrogens with one attached hydrogen (secondary N) is 3. The summed E-state index contributed by atoms with van der Waals surface area (Å²) in [6, 6.07) is 11.3. The van der Waals surface area contributed by atoms with Gasteiger partial charge >= 0.3 is 0 Å². The van der Waals surface area contributed by atoms with Crippen molar-refractivity contribution in [2.45, 2.75) is 71.2 Å². The van der Waals surface area contributed by atoms with E-state index in [1.807, 2.05) is 37.3 Å². The smallest absolute Gasteiger partial charge is 0.252 e. The summed E-state index contributed by atoms with van der Waals surface area (Å²) in [6.07, 6.45) is 1.63. The van der Waals surface area contributed by atoms with E-state index in [9.17, 15) is 24.3 Å². The molecule has 4 amide bonds. The zero-order valence-corrected chi connectivity index (χ0v) is 30.3. The fourth-order valence-electron chi connectivity index (χ4n) is 5.98. The maximum absolute atomic E-state index is 13.8. The number of methoxy groups -OCH3 is 1. The van der Waals surface area contributed by atoms with Crippen molar-refractivity contribution >= 4 is 23.6 Å². The van der Waals surface area contributed by atoms with Crippen LogP contribution >= 0.6 is 0 Å². The van der Waals surface area contributed by atoms with Crippen LogP contribution in [0, 0.1) is 13.8 Å². The van der Waals surface area contributed by atoms with E-state index in [1.165, 1.54) is 20.1 Å². The average Bonchev–Trinajstić information content (AvgIpc) is 3.74. The second-order valence-corrected chi connectivity index (χ2v) is 12.9. The number of carbonyl (C=O) groups is 4. The minimum atomic E-state index is -1.35. The van der Waals surface area contributed by atoms with Gasteiger partial charge in [-0.2, -0.15) is 0 Å². The summed E-state index contributed by atoms with van der Waals surface area (Å²) in [5, 5.41) is 31.2. The molecule has 0 spiro atoms. The lowest BCUT2D eigenvalue weighted by atomic mass is 10.0. The zero-order valence-electron chi connectivity index (χ0n) is 30.3. The number of hydrogen-bond donors (Lipinski definition) is 4. The molecule has 0 fully saturated rings. The lowest BCUT2D eigenvalue weighted by Crippen LogP contribution is -2.58. The number of fused-ring (bicyclic) bond motifs is 16. The first-order valence-electron chi connectivity index (χ1n) is 17.5. The summed E-state index contributed by atoms with van der Waals surface area (Å²) in [4.78, 5) is 55.9. The second-order valence-electron chi connectivity index (χ2n) is 12.9. The highest BCUT2D eigenvalue weighted by atomic mass is 16.5. The molecule has 4 heterocycles. The van der Waals surface area contributed by atoms with E-state index in [-0.39, 0.29) is 44.0 Å². The number of nitrogens with zero attached hydrogens (tertiary/aromatic N) is 5. The number of aryl methyl sites for hydroxylation is 2. The molecule has 4 aromatic rings. The SMILES string of the molecule is COc1cc2ccc1OCCn1cc(nn1)CCN(C(=O)CCc1c(C)noc1C)CCNC(=O)[C@H]([C@@H](C)O)NC(=O)[C@@H](Cc1ccccc1)NC2=O. The average molecular weight is 731 g/mol. The molecule has 16 nitrogen and oxygen atoms in total. The first kappa shape index (κ1) is 38.5. The van der Waals surface area contributed by atoms with Gasteiger partial charge in [-0.05, 0) is 51.0 Å². The van der Waals surface area contributed by atoms with Gasteiger partial charge in [0.15, 0.2) is 11.5 Å². The van der Waals surface area contributed by atoms with Crippen molar-refractivity contribution in [2.24, 2.45) is 0 Å². The van der Waals surface area contributed by atoms with Gasteiger partial charge in [0.2, 0.25) is 17.7 Å². The van der Waals surface area contributed by atoms with Crippen LogP contribution < -0.4 is 25.4 Å². The topological polar surface area (TPSA) is 203 Å². The molecule has 4 N–H and O–H groups in total. The van der Waals surface area contributed by atoms with Gasteiger partial charge < -0.3 is 40.0 Å². The lowest BCUT2D eigenvalue weighted by molar-refractivity contribution is -0.133. The van der Waals surface area contributed by atoms with Gasteiger partial charge in [-0.3, -0.25) is 19.2 Å². The highest BCUT2D eigenvalue weighted by molar-refractivity contribution is 5.99. The molecule has 282 valence electrons.